The van der Waals surface area contributed by atoms with Gasteiger partial charge in [0.05, 0.1) is 25.0 Å². The van der Waals surface area contributed by atoms with Gasteiger partial charge in [0.1, 0.15) is 16.2 Å². The highest BCUT2D eigenvalue weighted by atomic mass is 32.1. The molecule has 2 heterocycles. The highest BCUT2D eigenvalue weighted by Crippen LogP contribution is 2.35. The molecule has 3 rings (SSSR count). The fourth-order valence-electron chi connectivity index (χ4n) is 1.82. The van der Waals surface area contributed by atoms with Crippen molar-refractivity contribution in [2.45, 2.75) is 5.41 Å². The lowest BCUT2D eigenvalue weighted by molar-refractivity contribution is -0.0314. The molecular formula is C13H9FN2OS. The number of halogens is 1. The van der Waals surface area contributed by atoms with Crippen LogP contribution < -0.4 is 0 Å². The number of nitrogens with zero attached hydrogens (tertiary/aromatic N) is 2. The predicted molar refractivity (Wildman–Crippen MR) is 65.6 cm³/mol. The molecule has 0 N–H and O–H groups in total. The summed E-state index contributed by atoms with van der Waals surface area (Å²) in [6.45, 7) is 0.769. The maximum atomic E-state index is 13.1. The molecule has 1 aromatic heterocycles. The molecule has 0 unspecified atom stereocenters. The molecule has 1 saturated heterocycles. The van der Waals surface area contributed by atoms with E-state index in [1.807, 2.05) is 11.4 Å². The Hall–Kier alpha value is -1.77. The van der Waals surface area contributed by atoms with E-state index in [0.717, 1.165) is 16.3 Å². The van der Waals surface area contributed by atoms with Crippen LogP contribution in [0.3, 0.4) is 0 Å². The molecule has 0 spiro atoms. The molecule has 0 amide bonds. The van der Waals surface area contributed by atoms with Gasteiger partial charge in [0.25, 0.3) is 0 Å². The summed E-state index contributed by atoms with van der Waals surface area (Å²) in [5, 5.41) is 11.8. The van der Waals surface area contributed by atoms with Gasteiger partial charge in [-0.25, -0.2) is 9.37 Å². The van der Waals surface area contributed by atoms with E-state index in [2.05, 4.69) is 11.1 Å². The Labute approximate surface area is 107 Å². The Morgan fingerprint density at radius 2 is 2.28 bits per heavy atom. The topological polar surface area (TPSA) is 45.9 Å². The summed E-state index contributed by atoms with van der Waals surface area (Å²) in [5.41, 5.74) is 0.849. The maximum Gasteiger partial charge on any atom is 0.146 e. The Morgan fingerprint density at radius 3 is 2.89 bits per heavy atom. The smallest absolute Gasteiger partial charge is 0.146 e. The first-order valence-corrected chi connectivity index (χ1v) is 6.32. The number of hydrogen-bond acceptors (Lipinski definition) is 4. The zero-order valence-corrected chi connectivity index (χ0v) is 10.2. The van der Waals surface area contributed by atoms with Crippen LogP contribution >= 0.6 is 11.3 Å². The lowest BCUT2D eigenvalue weighted by Gasteiger charge is -2.33. The zero-order chi connectivity index (χ0) is 12.6. The molecule has 0 atom stereocenters. The van der Waals surface area contributed by atoms with Gasteiger partial charge in [-0.2, -0.15) is 5.26 Å². The van der Waals surface area contributed by atoms with Crippen molar-refractivity contribution in [3.8, 4) is 16.6 Å². The van der Waals surface area contributed by atoms with Crippen molar-refractivity contribution >= 4 is 11.3 Å². The molecule has 18 heavy (non-hydrogen) atoms. The number of hydrogen-bond donors (Lipinski definition) is 0. The largest absolute Gasteiger partial charge is 0.377 e. The molecule has 1 aliphatic rings. The van der Waals surface area contributed by atoms with Crippen molar-refractivity contribution in [3.63, 3.8) is 0 Å². The number of benzene rings is 1. The molecule has 3 nitrogen and oxygen atoms in total. The van der Waals surface area contributed by atoms with Crippen molar-refractivity contribution < 1.29 is 9.13 Å². The first-order chi connectivity index (χ1) is 8.73. The second kappa shape index (κ2) is 4.16. The van der Waals surface area contributed by atoms with Gasteiger partial charge in [-0.1, -0.05) is 12.1 Å². The summed E-state index contributed by atoms with van der Waals surface area (Å²) in [6.07, 6.45) is 0. The maximum absolute atomic E-state index is 13.1. The predicted octanol–water partition coefficient (Wildman–Crippen LogP) is 2.74. The van der Waals surface area contributed by atoms with Gasteiger partial charge in [0.2, 0.25) is 0 Å². The summed E-state index contributed by atoms with van der Waals surface area (Å²) in [4.78, 5) is 4.44. The Bertz CT molecular complexity index is 628. The average Bonchev–Trinajstić information content (AvgIpc) is 2.78. The van der Waals surface area contributed by atoms with Crippen LogP contribution in [0.15, 0.2) is 29.6 Å². The van der Waals surface area contributed by atoms with Gasteiger partial charge in [-0.05, 0) is 12.1 Å². The number of ether oxygens (including phenoxy) is 1. The number of thiazole rings is 1. The molecule has 1 aliphatic heterocycles. The van der Waals surface area contributed by atoms with E-state index in [4.69, 9.17) is 4.74 Å². The first-order valence-electron chi connectivity index (χ1n) is 5.44. The minimum Gasteiger partial charge on any atom is -0.377 e. The molecule has 1 fully saturated rings. The van der Waals surface area contributed by atoms with E-state index in [9.17, 15) is 9.65 Å². The van der Waals surface area contributed by atoms with Crippen LogP contribution in [0.2, 0.25) is 0 Å². The third kappa shape index (κ3) is 1.70. The lowest BCUT2D eigenvalue weighted by atomic mass is 9.85. The molecule has 1 aromatic carbocycles. The Balaban J connectivity index is 1.97. The summed E-state index contributed by atoms with van der Waals surface area (Å²) in [7, 11) is 0. The molecule has 0 radical (unpaired) electrons. The van der Waals surface area contributed by atoms with Crippen molar-refractivity contribution in [3.05, 3.63) is 41.2 Å². The van der Waals surface area contributed by atoms with Crippen molar-refractivity contribution in [1.29, 1.82) is 5.26 Å². The minimum atomic E-state index is -0.609. The Morgan fingerprint density at radius 1 is 1.44 bits per heavy atom. The summed E-state index contributed by atoms with van der Waals surface area (Å²) in [5.74, 6) is -0.286. The second-order valence-electron chi connectivity index (χ2n) is 4.23. The SMILES string of the molecule is N#CC1(c2csc(-c3cccc(F)c3)n2)COC1. The van der Waals surface area contributed by atoms with E-state index >= 15 is 0 Å². The third-order valence-electron chi connectivity index (χ3n) is 2.98. The number of rotatable bonds is 2. The van der Waals surface area contributed by atoms with Gasteiger partial charge in [0.15, 0.2) is 0 Å². The van der Waals surface area contributed by atoms with Crippen LogP contribution in [0.4, 0.5) is 4.39 Å². The van der Waals surface area contributed by atoms with Gasteiger partial charge in [-0.3, -0.25) is 0 Å². The zero-order valence-electron chi connectivity index (χ0n) is 9.39. The monoisotopic (exact) mass is 260 g/mol. The van der Waals surface area contributed by atoms with Gasteiger partial charge < -0.3 is 4.74 Å². The normalized spacial score (nSPS) is 16.9. The molecule has 0 saturated carbocycles. The molecule has 5 heteroatoms. The third-order valence-corrected chi connectivity index (χ3v) is 3.87. The molecule has 0 aliphatic carbocycles. The fraction of sp³-hybridized carbons (Fsp3) is 0.231. The highest BCUT2D eigenvalue weighted by molar-refractivity contribution is 7.13. The van der Waals surface area contributed by atoms with Crippen LogP contribution in [-0.2, 0) is 10.2 Å². The summed E-state index contributed by atoms with van der Waals surface area (Å²) in [6, 6.07) is 8.55. The van der Waals surface area contributed by atoms with Crippen LogP contribution in [0.1, 0.15) is 5.69 Å². The second-order valence-corrected chi connectivity index (χ2v) is 5.09. The standard InChI is InChI=1S/C13H9FN2OS/c14-10-3-1-2-9(4-10)12-16-11(5-18-12)13(6-15)7-17-8-13/h1-5H,7-8H2. The number of aromatic nitrogens is 1. The summed E-state index contributed by atoms with van der Waals surface area (Å²) >= 11 is 1.42. The lowest BCUT2D eigenvalue weighted by Crippen LogP contribution is -2.45. The van der Waals surface area contributed by atoms with E-state index in [1.165, 1.54) is 23.5 Å². The molecule has 90 valence electrons. The molecule has 0 bridgehead atoms. The summed E-state index contributed by atoms with van der Waals surface area (Å²) < 4.78 is 18.2. The Kier molecular flexibility index (Phi) is 2.62. The van der Waals surface area contributed by atoms with Crippen LogP contribution in [0.25, 0.3) is 10.6 Å². The van der Waals surface area contributed by atoms with Gasteiger partial charge in [-0.15, -0.1) is 11.3 Å². The quantitative estimate of drug-likeness (QED) is 0.834. The molecule has 2 aromatic rings. The molecular weight excluding hydrogens is 251 g/mol. The van der Waals surface area contributed by atoms with Crippen molar-refractivity contribution in [2.24, 2.45) is 0 Å². The van der Waals surface area contributed by atoms with E-state index in [1.54, 1.807) is 6.07 Å². The number of nitriles is 1. The minimum absolute atomic E-state index is 0.286. The van der Waals surface area contributed by atoms with Gasteiger partial charge >= 0.3 is 0 Å². The van der Waals surface area contributed by atoms with Gasteiger partial charge in [0, 0.05) is 10.9 Å². The highest BCUT2D eigenvalue weighted by Gasteiger charge is 2.43. The average molecular weight is 260 g/mol. The van der Waals surface area contributed by atoms with Crippen molar-refractivity contribution in [2.75, 3.05) is 13.2 Å². The fourth-order valence-corrected chi connectivity index (χ4v) is 2.74. The van der Waals surface area contributed by atoms with E-state index in [0.29, 0.717) is 13.2 Å². The van der Waals surface area contributed by atoms with Crippen LogP contribution in [-0.4, -0.2) is 18.2 Å². The van der Waals surface area contributed by atoms with Crippen molar-refractivity contribution in [1.82, 2.24) is 4.98 Å². The van der Waals surface area contributed by atoms with Crippen LogP contribution in [0.5, 0.6) is 0 Å². The van der Waals surface area contributed by atoms with Crippen LogP contribution in [0, 0.1) is 17.1 Å². The van der Waals surface area contributed by atoms with E-state index < -0.39 is 5.41 Å². The first kappa shape index (κ1) is 11.3. The van der Waals surface area contributed by atoms with E-state index in [-0.39, 0.29) is 5.82 Å².